The van der Waals surface area contributed by atoms with Crippen LogP contribution in [0.1, 0.15) is 24.8 Å². The standard InChI is InChI=1S/C18H20ClN3O2/c19-15-6-4-14(5-7-15)13-20-17-12-16(8-9-18(17)22(23)24)21-10-2-1-3-11-21/h4-9,12,20H,1-3,10-11,13H2. The highest BCUT2D eigenvalue weighted by Crippen LogP contribution is 2.31. The fraction of sp³-hybridized carbons (Fsp3) is 0.333. The first kappa shape index (κ1) is 16.6. The Balaban J connectivity index is 1.80. The van der Waals surface area contributed by atoms with E-state index >= 15 is 0 Å². The topological polar surface area (TPSA) is 58.4 Å². The lowest BCUT2D eigenvalue weighted by Crippen LogP contribution is -2.29. The predicted molar refractivity (Wildman–Crippen MR) is 97.9 cm³/mol. The van der Waals surface area contributed by atoms with E-state index in [4.69, 9.17) is 11.6 Å². The number of nitrogens with zero attached hydrogens (tertiary/aromatic N) is 2. The molecule has 3 rings (SSSR count). The van der Waals surface area contributed by atoms with Crippen molar-refractivity contribution in [3.8, 4) is 0 Å². The maximum absolute atomic E-state index is 11.3. The molecule has 1 N–H and O–H groups in total. The third-order valence-corrected chi connectivity index (χ3v) is 4.55. The van der Waals surface area contributed by atoms with Gasteiger partial charge in [-0.1, -0.05) is 23.7 Å². The van der Waals surface area contributed by atoms with Gasteiger partial charge in [-0.05, 0) is 49.1 Å². The summed E-state index contributed by atoms with van der Waals surface area (Å²) in [5.41, 5.74) is 2.72. The molecule has 2 aromatic carbocycles. The van der Waals surface area contributed by atoms with E-state index in [2.05, 4.69) is 10.2 Å². The van der Waals surface area contributed by atoms with Crippen LogP contribution in [0.4, 0.5) is 17.1 Å². The normalized spacial score (nSPS) is 14.5. The van der Waals surface area contributed by atoms with Crippen molar-refractivity contribution in [2.24, 2.45) is 0 Å². The van der Waals surface area contributed by atoms with Crippen LogP contribution < -0.4 is 10.2 Å². The molecule has 6 heteroatoms. The number of piperidine rings is 1. The minimum atomic E-state index is -0.343. The molecule has 0 aromatic heterocycles. The maximum Gasteiger partial charge on any atom is 0.292 e. The molecule has 1 saturated heterocycles. The van der Waals surface area contributed by atoms with E-state index in [9.17, 15) is 10.1 Å². The Morgan fingerprint density at radius 1 is 1.08 bits per heavy atom. The third-order valence-electron chi connectivity index (χ3n) is 4.29. The van der Waals surface area contributed by atoms with Gasteiger partial charge in [-0.3, -0.25) is 10.1 Å². The van der Waals surface area contributed by atoms with E-state index in [0.717, 1.165) is 24.3 Å². The molecule has 0 radical (unpaired) electrons. The Labute approximate surface area is 146 Å². The van der Waals surface area contributed by atoms with Crippen LogP contribution in [0, 0.1) is 10.1 Å². The van der Waals surface area contributed by atoms with Crippen LogP contribution in [0.3, 0.4) is 0 Å². The fourth-order valence-corrected chi connectivity index (χ4v) is 3.10. The van der Waals surface area contributed by atoms with Crippen molar-refractivity contribution in [1.29, 1.82) is 0 Å². The molecule has 5 nitrogen and oxygen atoms in total. The maximum atomic E-state index is 11.3. The van der Waals surface area contributed by atoms with Gasteiger partial charge >= 0.3 is 0 Å². The number of rotatable bonds is 5. The number of anilines is 2. The van der Waals surface area contributed by atoms with E-state index in [0.29, 0.717) is 17.3 Å². The summed E-state index contributed by atoms with van der Waals surface area (Å²) < 4.78 is 0. The van der Waals surface area contributed by atoms with E-state index in [1.807, 2.05) is 36.4 Å². The van der Waals surface area contributed by atoms with Crippen LogP contribution in [-0.2, 0) is 6.54 Å². The number of benzene rings is 2. The number of nitro benzene ring substituents is 1. The second-order valence-corrected chi connectivity index (χ2v) is 6.42. The van der Waals surface area contributed by atoms with Crippen molar-refractivity contribution in [3.63, 3.8) is 0 Å². The second-order valence-electron chi connectivity index (χ2n) is 5.99. The molecule has 2 aromatic rings. The second kappa shape index (κ2) is 7.53. The zero-order valence-corrected chi connectivity index (χ0v) is 14.1. The Morgan fingerprint density at radius 2 is 1.79 bits per heavy atom. The Morgan fingerprint density at radius 3 is 2.46 bits per heavy atom. The van der Waals surface area contributed by atoms with E-state index in [1.54, 1.807) is 6.07 Å². The molecule has 1 aliphatic rings. The van der Waals surface area contributed by atoms with E-state index in [1.165, 1.54) is 19.3 Å². The van der Waals surface area contributed by atoms with Gasteiger partial charge in [0.1, 0.15) is 5.69 Å². The molecule has 0 spiro atoms. The monoisotopic (exact) mass is 345 g/mol. The first-order valence-corrected chi connectivity index (χ1v) is 8.53. The van der Waals surface area contributed by atoms with Crippen molar-refractivity contribution in [2.75, 3.05) is 23.3 Å². The highest BCUT2D eigenvalue weighted by atomic mass is 35.5. The number of hydrogen-bond donors (Lipinski definition) is 1. The van der Waals surface area contributed by atoms with Gasteiger partial charge in [0.15, 0.2) is 0 Å². The van der Waals surface area contributed by atoms with Crippen molar-refractivity contribution in [2.45, 2.75) is 25.8 Å². The molecule has 24 heavy (non-hydrogen) atoms. The Hall–Kier alpha value is -2.27. The lowest BCUT2D eigenvalue weighted by Gasteiger charge is -2.29. The van der Waals surface area contributed by atoms with Gasteiger partial charge in [-0.15, -0.1) is 0 Å². The minimum Gasteiger partial charge on any atom is -0.375 e. The molecule has 1 aliphatic heterocycles. The summed E-state index contributed by atoms with van der Waals surface area (Å²) in [6, 6.07) is 12.8. The van der Waals surface area contributed by atoms with Crippen LogP contribution in [0.15, 0.2) is 42.5 Å². The zero-order valence-electron chi connectivity index (χ0n) is 13.4. The number of hydrogen-bond acceptors (Lipinski definition) is 4. The number of nitrogens with one attached hydrogen (secondary N) is 1. The lowest BCUT2D eigenvalue weighted by atomic mass is 10.1. The van der Waals surface area contributed by atoms with Crippen molar-refractivity contribution >= 4 is 28.7 Å². The SMILES string of the molecule is O=[N+]([O-])c1ccc(N2CCCCC2)cc1NCc1ccc(Cl)cc1. The highest BCUT2D eigenvalue weighted by molar-refractivity contribution is 6.30. The first-order chi connectivity index (χ1) is 11.6. The van der Waals surface area contributed by atoms with Crippen LogP contribution in [0.5, 0.6) is 0 Å². The highest BCUT2D eigenvalue weighted by Gasteiger charge is 2.17. The molecule has 0 saturated carbocycles. The van der Waals surface area contributed by atoms with Gasteiger partial charge in [-0.2, -0.15) is 0 Å². The first-order valence-electron chi connectivity index (χ1n) is 8.15. The Bertz CT molecular complexity index is 713. The molecule has 0 unspecified atom stereocenters. The van der Waals surface area contributed by atoms with E-state index in [-0.39, 0.29) is 10.6 Å². The molecular weight excluding hydrogens is 326 g/mol. The molecule has 0 aliphatic carbocycles. The fourth-order valence-electron chi connectivity index (χ4n) is 2.97. The molecule has 126 valence electrons. The van der Waals surface area contributed by atoms with Crippen LogP contribution in [0.25, 0.3) is 0 Å². The average Bonchev–Trinajstić information content (AvgIpc) is 2.61. The molecule has 0 bridgehead atoms. The van der Waals surface area contributed by atoms with Gasteiger partial charge < -0.3 is 10.2 Å². The lowest BCUT2D eigenvalue weighted by molar-refractivity contribution is -0.384. The quantitative estimate of drug-likeness (QED) is 0.621. The van der Waals surface area contributed by atoms with Gasteiger partial charge in [0.2, 0.25) is 0 Å². The third kappa shape index (κ3) is 3.97. The zero-order chi connectivity index (χ0) is 16.9. The van der Waals surface area contributed by atoms with Crippen LogP contribution in [-0.4, -0.2) is 18.0 Å². The summed E-state index contributed by atoms with van der Waals surface area (Å²) in [4.78, 5) is 13.2. The molecule has 1 heterocycles. The van der Waals surface area contributed by atoms with E-state index < -0.39 is 0 Å². The van der Waals surface area contributed by atoms with Gasteiger partial charge in [-0.25, -0.2) is 0 Å². The summed E-state index contributed by atoms with van der Waals surface area (Å²) in [7, 11) is 0. The van der Waals surface area contributed by atoms with Gasteiger partial charge in [0.05, 0.1) is 4.92 Å². The van der Waals surface area contributed by atoms with Crippen molar-refractivity contribution < 1.29 is 4.92 Å². The molecular formula is C18H20ClN3O2. The number of halogens is 1. The van der Waals surface area contributed by atoms with Crippen molar-refractivity contribution in [3.05, 3.63) is 63.2 Å². The summed E-state index contributed by atoms with van der Waals surface area (Å²) in [6.45, 7) is 2.53. The molecule has 0 amide bonds. The van der Waals surface area contributed by atoms with Crippen LogP contribution >= 0.6 is 11.6 Å². The number of nitro groups is 1. The smallest absolute Gasteiger partial charge is 0.292 e. The van der Waals surface area contributed by atoms with Gasteiger partial charge in [0, 0.05) is 36.4 Å². The summed E-state index contributed by atoms with van der Waals surface area (Å²) >= 11 is 5.89. The Kier molecular flexibility index (Phi) is 5.20. The van der Waals surface area contributed by atoms with Gasteiger partial charge in [0.25, 0.3) is 5.69 Å². The predicted octanol–water partition coefficient (Wildman–Crippen LogP) is 4.85. The molecule has 1 fully saturated rings. The summed E-state index contributed by atoms with van der Waals surface area (Å²) in [5.74, 6) is 0. The van der Waals surface area contributed by atoms with Crippen molar-refractivity contribution in [1.82, 2.24) is 0 Å². The summed E-state index contributed by atoms with van der Waals surface area (Å²) in [6.07, 6.45) is 3.60. The molecule has 0 atom stereocenters. The average molecular weight is 346 g/mol. The minimum absolute atomic E-state index is 0.102. The van der Waals surface area contributed by atoms with Crippen LogP contribution in [0.2, 0.25) is 5.02 Å². The summed E-state index contributed by atoms with van der Waals surface area (Å²) in [5, 5.41) is 15.2. The largest absolute Gasteiger partial charge is 0.375 e.